The molecule has 4 rings (SSSR count). The zero-order chi connectivity index (χ0) is 25.0. The molecular weight excluding hydrogens is 440 g/mol. The monoisotopic (exact) mass is 470 g/mol. The number of amides is 3. The van der Waals surface area contributed by atoms with Crippen LogP contribution in [0.2, 0.25) is 0 Å². The van der Waals surface area contributed by atoms with E-state index in [1.54, 1.807) is 20.8 Å². The zero-order valence-electron chi connectivity index (χ0n) is 20.3. The molecule has 1 saturated heterocycles. The number of carbonyl (C=O) groups is 3. The van der Waals surface area contributed by atoms with Gasteiger partial charge in [-0.25, -0.2) is 4.79 Å². The number of benzene rings is 3. The zero-order valence-corrected chi connectivity index (χ0v) is 20.3. The van der Waals surface area contributed by atoms with Gasteiger partial charge in [-0.1, -0.05) is 91.0 Å². The molecule has 1 heterocycles. The lowest BCUT2D eigenvalue weighted by Gasteiger charge is -2.32. The molecule has 0 aromatic heterocycles. The number of ether oxygens (including phenoxy) is 1. The van der Waals surface area contributed by atoms with Crippen molar-refractivity contribution < 1.29 is 19.1 Å². The van der Waals surface area contributed by atoms with Crippen LogP contribution in [0.5, 0.6) is 0 Å². The van der Waals surface area contributed by atoms with E-state index in [1.807, 2.05) is 91.0 Å². The summed E-state index contributed by atoms with van der Waals surface area (Å²) in [6.07, 6.45) is -0.630. The molecule has 3 aromatic carbocycles. The van der Waals surface area contributed by atoms with E-state index in [4.69, 9.17) is 4.74 Å². The van der Waals surface area contributed by atoms with Crippen LogP contribution in [0, 0.1) is 0 Å². The van der Waals surface area contributed by atoms with Gasteiger partial charge >= 0.3 is 6.09 Å². The minimum absolute atomic E-state index is 0.141. The van der Waals surface area contributed by atoms with Crippen molar-refractivity contribution in [3.05, 3.63) is 108 Å². The second-order valence-corrected chi connectivity index (χ2v) is 9.68. The number of hydrogen-bond donors (Lipinski definition) is 0. The summed E-state index contributed by atoms with van der Waals surface area (Å²) in [6.45, 7) is 5.63. The molecule has 0 radical (unpaired) electrons. The van der Waals surface area contributed by atoms with Crippen LogP contribution in [0.15, 0.2) is 91.0 Å². The molecule has 2 atom stereocenters. The molecule has 0 unspecified atom stereocenters. The van der Waals surface area contributed by atoms with Crippen molar-refractivity contribution in [2.75, 3.05) is 0 Å². The summed E-state index contributed by atoms with van der Waals surface area (Å²) in [5, 5.41) is 0. The first kappa shape index (κ1) is 24.2. The van der Waals surface area contributed by atoms with Gasteiger partial charge in [0.15, 0.2) is 0 Å². The normalized spacial score (nSPS) is 18.0. The molecule has 35 heavy (non-hydrogen) atoms. The summed E-state index contributed by atoms with van der Waals surface area (Å²) in [4.78, 5) is 43.7. The molecule has 1 fully saturated rings. The Morgan fingerprint density at radius 2 is 1.31 bits per heavy atom. The number of rotatable bonds is 6. The van der Waals surface area contributed by atoms with Gasteiger partial charge in [0.2, 0.25) is 5.91 Å². The Labute approximate surface area is 206 Å². The van der Waals surface area contributed by atoms with Gasteiger partial charge in [0.25, 0.3) is 5.91 Å². The summed E-state index contributed by atoms with van der Waals surface area (Å²) >= 11 is 0. The predicted molar refractivity (Wildman–Crippen MR) is 133 cm³/mol. The van der Waals surface area contributed by atoms with Crippen LogP contribution in [0.25, 0.3) is 0 Å². The highest BCUT2D eigenvalue weighted by Gasteiger charge is 2.52. The summed E-state index contributed by atoms with van der Waals surface area (Å²) in [5.41, 5.74) is 1.61. The Balaban J connectivity index is 1.77. The molecule has 0 spiro atoms. The maximum atomic E-state index is 13.9. The van der Waals surface area contributed by atoms with Gasteiger partial charge in [-0.05, 0) is 37.5 Å². The van der Waals surface area contributed by atoms with Crippen molar-refractivity contribution in [2.24, 2.45) is 0 Å². The summed E-state index contributed by atoms with van der Waals surface area (Å²) in [5.74, 6) is -1.56. The van der Waals surface area contributed by atoms with E-state index in [9.17, 15) is 14.4 Å². The Hall–Kier alpha value is -3.93. The lowest BCUT2D eigenvalue weighted by molar-refractivity contribution is -0.140. The maximum Gasteiger partial charge on any atom is 0.411 e. The summed E-state index contributed by atoms with van der Waals surface area (Å²) < 4.78 is 5.71. The Kier molecular flexibility index (Phi) is 7.01. The summed E-state index contributed by atoms with van der Waals surface area (Å²) in [6, 6.07) is 26.9. The van der Waals surface area contributed by atoms with Crippen molar-refractivity contribution in [3.63, 3.8) is 0 Å². The first-order valence-corrected chi connectivity index (χ1v) is 11.7. The van der Waals surface area contributed by atoms with E-state index in [0.29, 0.717) is 5.56 Å². The van der Waals surface area contributed by atoms with Gasteiger partial charge in [0.05, 0.1) is 12.5 Å². The van der Waals surface area contributed by atoms with Gasteiger partial charge in [-0.3, -0.25) is 19.4 Å². The molecule has 1 aliphatic heterocycles. The molecule has 0 saturated carbocycles. The standard InChI is InChI=1S/C29H30N2O4/c1-29(2,3)35-28(34)30(19-21-13-7-4-8-14-21)25-24(23-17-11-6-12-18-23)26(32)31(27(25)33)20-22-15-9-5-10-16-22/h4-18,24-25H,19-20H2,1-3H3/t24-,25+/m1/s1. The van der Waals surface area contributed by atoms with Crippen LogP contribution in [0.1, 0.15) is 43.4 Å². The third-order valence-corrected chi connectivity index (χ3v) is 5.87. The van der Waals surface area contributed by atoms with Crippen LogP contribution in [-0.4, -0.2) is 39.4 Å². The Morgan fingerprint density at radius 3 is 1.86 bits per heavy atom. The Bertz CT molecular complexity index is 1170. The average Bonchev–Trinajstić information content (AvgIpc) is 3.08. The second kappa shape index (κ2) is 10.1. The third kappa shape index (κ3) is 5.60. The molecule has 0 bridgehead atoms. The van der Waals surface area contributed by atoms with E-state index in [2.05, 4.69) is 0 Å². The highest BCUT2D eigenvalue weighted by Crippen LogP contribution is 2.36. The van der Waals surface area contributed by atoms with Crippen LogP contribution < -0.4 is 0 Å². The van der Waals surface area contributed by atoms with Crippen molar-refractivity contribution in [2.45, 2.75) is 51.4 Å². The molecule has 3 amide bonds. The minimum Gasteiger partial charge on any atom is -0.444 e. The van der Waals surface area contributed by atoms with Crippen molar-refractivity contribution in [1.29, 1.82) is 0 Å². The fourth-order valence-corrected chi connectivity index (χ4v) is 4.31. The number of carbonyl (C=O) groups excluding carboxylic acids is 3. The van der Waals surface area contributed by atoms with E-state index < -0.39 is 29.6 Å². The number of imide groups is 1. The molecule has 0 N–H and O–H groups in total. The predicted octanol–water partition coefficient (Wildman–Crippen LogP) is 5.15. The van der Waals surface area contributed by atoms with Gasteiger partial charge in [-0.15, -0.1) is 0 Å². The molecule has 3 aromatic rings. The highest BCUT2D eigenvalue weighted by molar-refractivity contribution is 6.10. The van der Waals surface area contributed by atoms with Crippen LogP contribution in [0.4, 0.5) is 4.79 Å². The van der Waals surface area contributed by atoms with Crippen LogP contribution in [-0.2, 0) is 27.4 Å². The number of nitrogens with zero attached hydrogens (tertiary/aromatic N) is 2. The highest BCUT2D eigenvalue weighted by atomic mass is 16.6. The van der Waals surface area contributed by atoms with Crippen molar-refractivity contribution in [1.82, 2.24) is 9.80 Å². The van der Waals surface area contributed by atoms with Crippen LogP contribution in [0.3, 0.4) is 0 Å². The minimum atomic E-state index is -1.02. The van der Waals surface area contributed by atoms with Gasteiger partial charge in [-0.2, -0.15) is 0 Å². The SMILES string of the molecule is CC(C)(C)OC(=O)N(Cc1ccccc1)[C@@H]1C(=O)N(Cc2ccccc2)C(=O)[C@@H]1c1ccccc1. The molecular formula is C29H30N2O4. The quantitative estimate of drug-likeness (QED) is 0.468. The number of likely N-dealkylation sites (tertiary alicyclic amines) is 1. The topological polar surface area (TPSA) is 66.9 Å². The molecule has 180 valence electrons. The molecule has 1 aliphatic rings. The van der Waals surface area contributed by atoms with Gasteiger partial charge in [0.1, 0.15) is 11.6 Å². The maximum absolute atomic E-state index is 13.9. The summed E-state index contributed by atoms with van der Waals surface area (Å²) in [7, 11) is 0. The largest absolute Gasteiger partial charge is 0.444 e. The van der Waals surface area contributed by atoms with Crippen molar-refractivity contribution in [3.8, 4) is 0 Å². The van der Waals surface area contributed by atoms with Gasteiger partial charge in [0, 0.05) is 6.54 Å². The fraction of sp³-hybridized carbons (Fsp3) is 0.276. The average molecular weight is 471 g/mol. The first-order chi connectivity index (χ1) is 16.7. The van der Waals surface area contributed by atoms with E-state index in [0.717, 1.165) is 11.1 Å². The third-order valence-electron chi connectivity index (χ3n) is 5.87. The second-order valence-electron chi connectivity index (χ2n) is 9.68. The lowest BCUT2D eigenvalue weighted by atomic mass is 9.92. The smallest absolute Gasteiger partial charge is 0.411 e. The van der Waals surface area contributed by atoms with Crippen molar-refractivity contribution >= 4 is 17.9 Å². The van der Waals surface area contributed by atoms with Crippen LogP contribution >= 0.6 is 0 Å². The van der Waals surface area contributed by atoms with Gasteiger partial charge < -0.3 is 4.74 Å². The molecule has 6 heteroatoms. The molecule has 6 nitrogen and oxygen atoms in total. The Morgan fingerprint density at radius 1 is 0.800 bits per heavy atom. The molecule has 0 aliphatic carbocycles. The number of hydrogen-bond acceptors (Lipinski definition) is 4. The van der Waals surface area contributed by atoms with E-state index >= 15 is 0 Å². The first-order valence-electron chi connectivity index (χ1n) is 11.7. The lowest BCUT2D eigenvalue weighted by Crippen LogP contribution is -2.48. The van der Waals surface area contributed by atoms with E-state index in [-0.39, 0.29) is 19.0 Å². The van der Waals surface area contributed by atoms with E-state index in [1.165, 1.54) is 9.80 Å². The fourth-order valence-electron chi connectivity index (χ4n) is 4.31.